The molecule has 3 nitrogen and oxygen atoms in total. The number of amides is 1. The molecule has 17 heavy (non-hydrogen) atoms. The molecule has 0 fully saturated rings. The van der Waals surface area contributed by atoms with E-state index < -0.39 is 0 Å². The number of hydrogen-bond donors (Lipinski definition) is 0. The molecule has 94 valence electrons. The van der Waals surface area contributed by atoms with Crippen LogP contribution in [0.2, 0.25) is 5.02 Å². The summed E-state index contributed by atoms with van der Waals surface area (Å²) in [7, 11) is 1.80. The fourth-order valence-corrected chi connectivity index (χ4v) is 2.17. The van der Waals surface area contributed by atoms with Gasteiger partial charge in [0.2, 0.25) is 0 Å². The summed E-state index contributed by atoms with van der Waals surface area (Å²) in [5.41, 5.74) is 0.465. The molecule has 0 aliphatic carbocycles. The first-order valence-corrected chi connectivity index (χ1v) is 7.20. The second-order valence-corrected chi connectivity index (χ2v) is 5.29. The molecule has 1 unspecified atom stereocenters. The van der Waals surface area contributed by atoms with Gasteiger partial charge in [-0.1, -0.05) is 11.6 Å². The summed E-state index contributed by atoms with van der Waals surface area (Å²) >= 11 is 7.76. The number of nitrogens with zero attached hydrogens (tertiary/aromatic N) is 2. The molecule has 1 heterocycles. The van der Waals surface area contributed by atoms with Crippen LogP contribution in [-0.4, -0.2) is 40.9 Å². The molecule has 1 amide bonds. The van der Waals surface area contributed by atoms with Gasteiger partial charge < -0.3 is 4.90 Å². The van der Waals surface area contributed by atoms with Crippen LogP contribution in [0.5, 0.6) is 0 Å². The minimum Gasteiger partial charge on any atom is -0.339 e. The van der Waals surface area contributed by atoms with Crippen LogP contribution in [0.15, 0.2) is 18.5 Å². The second-order valence-electron chi connectivity index (χ2n) is 3.90. The largest absolute Gasteiger partial charge is 0.339 e. The van der Waals surface area contributed by atoms with Gasteiger partial charge in [-0.3, -0.25) is 9.78 Å². The first kappa shape index (κ1) is 14.3. The fourth-order valence-electron chi connectivity index (χ4n) is 1.41. The van der Waals surface area contributed by atoms with Crippen molar-refractivity contribution in [1.82, 2.24) is 9.88 Å². The maximum Gasteiger partial charge on any atom is 0.256 e. The Labute approximate surface area is 112 Å². The predicted octanol–water partition coefficient (Wildman–Crippen LogP) is 2.95. The molecule has 0 aromatic carbocycles. The molecule has 0 saturated carbocycles. The maximum absolute atomic E-state index is 12.2. The number of pyridine rings is 1. The van der Waals surface area contributed by atoms with E-state index in [1.807, 2.05) is 6.92 Å². The van der Waals surface area contributed by atoms with Crippen LogP contribution in [0.1, 0.15) is 23.7 Å². The van der Waals surface area contributed by atoms with Crippen LogP contribution < -0.4 is 0 Å². The Hall–Kier alpha value is -0.740. The van der Waals surface area contributed by atoms with Gasteiger partial charge in [0.1, 0.15) is 0 Å². The van der Waals surface area contributed by atoms with Gasteiger partial charge in [-0.2, -0.15) is 11.8 Å². The molecule has 0 saturated heterocycles. The van der Waals surface area contributed by atoms with Crippen molar-refractivity contribution >= 4 is 29.3 Å². The van der Waals surface area contributed by atoms with Crippen molar-refractivity contribution in [2.75, 3.05) is 19.1 Å². The molecule has 0 N–H and O–H groups in total. The number of halogens is 1. The van der Waals surface area contributed by atoms with Crippen molar-refractivity contribution in [3.05, 3.63) is 29.0 Å². The summed E-state index contributed by atoms with van der Waals surface area (Å²) in [6, 6.07) is 1.83. The zero-order chi connectivity index (χ0) is 12.8. The molecule has 0 radical (unpaired) electrons. The van der Waals surface area contributed by atoms with E-state index in [4.69, 9.17) is 11.6 Å². The number of hydrogen-bond acceptors (Lipinski definition) is 3. The first-order chi connectivity index (χ1) is 8.07. The average molecular weight is 273 g/mol. The summed E-state index contributed by atoms with van der Waals surface area (Å²) in [5, 5.41) is 0.453. The molecule has 0 aliphatic heterocycles. The van der Waals surface area contributed by atoms with Crippen molar-refractivity contribution in [2.24, 2.45) is 0 Å². The van der Waals surface area contributed by atoms with Gasteiger partial charge in [0.15, 0.2) is 0 Å². The number of thioether (sulfide) groups is 1. The summed E-state index contributed by atoms with van der Waals surface area (Å²) in [6.45, 7) is 2.04. The molecule has 0 bridgehead atoms. The monoisotopic (exact) mass is 272 g/mol. The second kappa shape index (κ2) is 6.87. The number of aromatic nitrogens is 1. The zero-order valence-electron chi connectivity index (χ0n) is 10.3. The van der Waals surface area contributed by atoms with Gasteiger partial charge in [-0.25, -0.2) is 0 Å². The van der Waals surface area contributed by atoms with Crippen molar-refractivity contribution in [2.45, 2.75) is 19.4 Å². The van der Waals surface area contributed by atoms with E-state index in [0.29, 0.717) is 10.6 Å². The number of carbonyl (C=O) groups is 1. The molecular formula is C12H17ClN2OS. The third-order valence-electron chi connectivity index (χ3n) is 2.72. The van der Waals surface area contributed by atoms with Gasteiger partial charge in [-0.15, -0.1) is 0 Å². The molecule has 1 rings (SSSR count). The van der Waals surface area contributed by atoms with Crippen molar-refractivity contribution in [3.8, 4) is 0 Å². The van der Waals surface area contributed by atoms with E-state index in [0.717, 1.165) is 12.2 Å². The molecule has 1 aromatic rings. The summed E-state index contributed by atoms with van der Waals surface area (Å²) in [5.74, 6) is 0.969. The number of carbonyl (C=O) groups excluding carboxylic acids is 1. The van der Waals surface area contributed by atoms with Crippen LogP contribution in [0.25, 0.3) is 0 Å². The lowest BCUT2D eigenvalue weighted by Crippen LogP contribution is -2.35. The lowest BCUT2D eigenvalue weighted by atomic mass is 10.2. The third kappa shape index (κ3) is 3.89. The molecular weight excluding hydrogens is 256 g/mol. The van der Waals surface area contributed by atoms with Crippen LogP contribution in [0, 0.1) is 0 Å². The fraction of sp³-hybridized carbons (Fsp3) is 0.500. The van der Waals surface area contributed by atoms with Gasteiger partial charge in [-0.05, 0) is 31.4 Å². The van der Waals surface area contributed by atoms with Gasteiger partial charge in [0.25, 0.3) is 5.91 Å². The SMILES string of the molecule is CSCCC(C)N(C)C(=O)c1cnccc1Cl. The van der Waals surface area contributed by atoms with Crippen molar-refractivity contribution < 1.29 is 4.79 Å². The van der Waals surface area contributed by atoms with Gasteiger partial charge >= 0.3 is 0 Å². The average Bonchev–Trinajstić information content (AvgIpc) is 2.34. The Bertz CT molecular complexity index is 387. The van der Waals surface area contributed by atoms with E-state index in [1.165, 1.54) is 6.20 Å². The Balaban J connectivity index is 2.73. The van der Waals surface area contributed by atoms with Gasteiger partial charge in [0.05, 0.1) is 10.6 Å². The number of rotatable bonds is 5. The molecule has 0 spiro atoms. The normalized spacial score (nSPS) is 12.2. The third-order valence-corrected chi connectivity index (χ3v) is 3.69. The lowest BCUT2D eigenvalue weighted by molar-refractivity contribution is 0.0741. The van der Waals surface area contributed by atoms with Gasteiger partial charge in [0, 0.05) is 25.5 Å². The predicted molar refractivity (Wildman–Crippen MR) is 73.8 cm³/mol. The molecule has 1 aromatic heterocycles. The van der Waals surface area contributed by atoms with Crippen LogP contribution in [0.4, 0.5) is 0 Å². The first-order valence-electron chi connectivity index (χ1n) is 5.43. The van der Waals surface area contributed by atoms with Crippen molar-refractivity contribution in [3.63, 3.8) is 0 Å². The van der Waals surface area contributed by atoms with Crippen molar-refractivity contribution in [1.29, 1.82) is 0 Å². The Morgan fingerprint density at radius 1 is 1.65 bits per heavy atom. The maximum atomic E-state index is 12.2. The summed E-state index contributed by atoms with van der Waals surface area (Å²) in [4.78, 5) is 17.8. The quantitative estimate of drug-likeness (QED) is 0.826. The van der Waals surface area contributed by atoms with Crippen LogP contribution in [0.3, 0.4) is 0 Å². The Kier molecular flexibility index (Phi) is 5.78. The van der Waals surface area contributed by atoms with E-state index in [-0.39, 0.29) is 11.9 Å². The highest BCUT2D eigenvalue weighted by atomic mass is 35.5. The molecule has 5 heteroatoms. The molecule has 1 atom stereocenters. The van der Waals surface area contributed by atoms with E-state index >= 15 is 0 Å². The highest BCUT2D eigenvalue weighted by molar-refractivity contribution is 7.98. The van der Waals surface area contributed by atoms with E-state index in [9.17, 15) is 4.79 Å². The van der Waals surface area contributed by atoms with Crippen LogP contribution >= 0.6 is 23.4 Å². The smallest absolute Gasteiger partial charge is 0.256 e. The highest BCUT2D eigenvalue weighted by Crippen LogP contribution is 2.17. The molecule has 0 aliphatic rings. The lowest BCUT2D eigenvalue weighted by Gasteiger charge is -2.25. The zero-order valence-corrected chi connectivity index (χ0v) is 11.9. The summed E-state index contributed by atoms with van der Waals surface area (Å²) in [6.07, 6.45) is 6.13. The highest BCUT2D eigenvalue weighted by Gasteiger charge is 2.19. The minimum absolute atomic E-state index is 0.0725. The minimum atomic E-state index is -0.0725. The topological polar surface area (TPSA) is 33.2 Å². The van der Waals surface area contributed by atoms with E-state index in [1.54, 1.807) is 36.0 Å². The standard InChI is InChI=1S/C12H17ClN2OS/c1-9(5-7-17-3)15(2)12(16)10-8-14-6-4-11(10)13/h4,6,8-9H,5,7H2,1-3H3. The summed E-state index contributed by atoms with van der Waals surface area (Å²) < 4.78 is 0. The van der Waals surface area contributed by atoms with Crippen LogP contribution in [-0.2, 0) is 0 Å². The Morgan fingerprint density at radius 2 is 2.35 bits per heavy atom. The Morgan fingerprint density at radius 3 is 2.94 bits per heavy atom. The van der Waals surface area contributed by atoms with E-state index in [2.05, 4.69) is 11.2 Å².